The number of nitrogens with zero attached hydrogens (tertiary/aromatic N) is 1. The van der Waals surface area contributed by atoms with E-state index in [1.165, 1.54) is 28.0 Å². The van der Waals surface area contributed by atoms with Crippen molar-refractivity contribution in [2.45, 2.75) is 51.4 Å². The van der Waals surface area contributed by atoms with Crippen molar-refractivity contribution >= 4 is 17.4 Å². The minimum Gasteiger partial charge on any atom is -0.465 e. The number of fused-ring (bicyclic) bond motifs is 4. The van der Waals surface area contributed by atoms with E-state index in [2.05, 4.69) is 50.2 Å². The predicted octanol–water partition coefficient (Wildman–Crippen LogP) is 4.81. The fraction of sp³-hybridized carbons (Fsp3) is 0.538. The Labute approximate surface area is 179 Å². The molecule has 0 amide bonds. The number of hydrogen-bond acceptors (Lipinski definition) is 4. The molecule has 1 aromatic carbocycles. The molecular formula is C26H31NO3. The number of rotatable bonds is 2. The van der Waals surface area contributed by atoms with Crippen LogP contribution in [0.4, 0.5) is 5.69 Å². The van der Waals surface area contributed by atoms with E-state index in [1.54, 1.807) is 0 Å². The van der Waals surface area contributed by atoms with Crippen molar-refractivity contribution in [3.63, 3.8) is 0 Å². The predicted molar refractivity (Wildman–Crippen MR) is 117 cm³/mol. The zero-order chi connectivity index (χ0) is 21.0. The van der Waals surface area contributed by atoms with Crippen LogP contribution < -0.4 is 4.90 Å². The van der Waals surface area contributed by atoms with E-state index in [0.717, 1.165) is 32.1 Å². The van der Waals surface area contributed by atoms with Gasteiger partial charge in [0.2, 0.25) is 0 Å². The van der Waals surface area contributed by atoms with Gasteiger partial charge in [-0.3, -0.25) is 9.59 Å². The molecule has 1 saturated carbocycles. The van der Waals surface area contributed by atoms with Gasteiger partial charge in [0.15, 0.2) is 5.78 Å². The molecule has 1 heterocycles. The molecule has 5 rings (SSSR count). The second-order valence-electron chi connectivity index (χ2n) is 9.91. The molecule has 0 N–H and O–H groups in total. The first-order chi connectivity index (χ1) is 14.4. The van der Waals surface area contributed by atoms with Gasteiger partial charge in [0.05, 0.1) is 12.0 Å². The van der Waals surface area contributed by atoms with Crippen LogP contribution in [0.15, 0.2) is 47.1 Å². The summed E-state index contributed by atoms with van der Waals surface area (Å²) in [5.74, 6) is 1.22. The third-order valence-electron chi connectivity index (χ3n) is 8.06. The summed E-state index contributed by atoms with van der Waals surface area (Å²) in [4.78, 5) is 27.2. The zero-order valence-corrected chi connectivity index (χ0v) is 18.2. The molecule has 0 aromatic heterocycles. The van der Waals surface area contributed by atoms with Gasteiger partial charge in [-0.25, -0.2) is 0 Å². The number of cyclic esters (lactones) is 1. The normalized spacial score (nSPS) is 33.2. The van der Waals surface area contributed by atoms with Gasteiger partial charge < -0.3 is 9.64 Å². The topological polar surface area (TPSA) is 46.6 Å². The maximum Gasteiger partial charge on any atom is 0.312 e. The molecule has 2 fully saturated rings. The standard InChI is InChI=1S/C26H31NO3/c1-26-15-22(16-4-7-18(8-5-16)27(2)3)24-20-11-9-19(28)14-17(20)6-10-21(24)23(26)12-13-30-25(26)29/h4-5,7-8,14,21-23H,6,9-13,15H2,1-3H3/t21-,22?,23-,26-/m0/s1. The third kappa shape index (κ3) is 2.95. The van der Waals surface area contributed by atoms with E-state index in [0.29, 0.717) is 24.9 Å². The van der Waals surface area contributed by atoms with E-state index in [-0.39, 0.29) is 17.7 Å². The molecule has 1 saturated heterocycles. The highest BCUT2D eigenvalue weighted by atomic mass is 16.5. The molecule has 1 aromatic rings. The van der Waals surface area contributed by atoms with Crippen LogP contribution in [-0.4, -0.2) is 32.5 Å². The van der Waals surface area contributed by atoms with Gasteiger partial charge in [-0.2, -0.15) is 0 Å². The first kappa shape index (κ1) is 19.6. The summed E-state index contributed by atoms with van der Waals surface area (Å²) in [6.07, 6.45) is 7.13. The van der Waals surface area contributed by atoms with E-state index in [1.807, 2.05) is 6.08 Å². The summed E-state index contributed by atoms with van der Waals surface area (Å²) in [5, 5.41) is 0. The van der Waals surface area contributed by atoms with Gasteiger partial charge in [0.25, 0.3) is 0 Å². The van der Waals surface area contributed by atoms with Crippen molar-refractivity contribution in [3.8, 4) is 0 Å². The number of esters is 1. The molecule has 4 atom stereocenters. The number of allylic oxidation sites excluding steroid dienone is 4. The smallest absolute Gasteiger partial charge is 0.312 e. The first-order valence-corrected chi connectivity index (χ1v) is 11.3. The summed E-state index contributed by atoms with van der Waals surface area (Å²) in [5.41, 5.74) is 6.24. The van der Waals surface area contributed by atoms with Gasteiger partial charge in [-0.05, 0) is 85.8 Å². The third-order valence-corrected chi connectivity index (χ3v) is 8.06. The van der Waals surface area contributed by atoms with Crippen molar-refractivity contribution in [1.82, 2.24) is 0 Å². The van der Waals surface area contributed by atoms with Crippen LogP contribution in [0.5, 0.6) is 0 Å². The Kier molecular flexibility index (Phi) is 4.64. The molecule has 4 nitrogen and oxygen atoms in total. The van der Waals surface area contributed by atoms with Crippen LogP contribution in [0.2, 0.25) is 0 Å². The van der Waals surface area contributed by atoms with Crippen molar-refractivity contribution in [2.75, 3.05) is 25.6 Å². The number of ketones is 1. The van der Waals surface area contributed by atoms with Gasteiger partial charge in [0, 0.05) is 32.1 Å². The van der Waals surface area contributed by atoms with Crippen molar-refractivity contribution in [3.05, 3.63) is 52.6 Å². The Balaban J connectivity index is 1.65. The van der Waals surface area contributed by atoms with Gasteiger partial charge in [0.1, 0.15) is 0 Å². The summed E-state index contributed by atoms with van der Waals surface area (Å²) in [7, 11) is 4.11. The number of carbonyl (C=O) groups excluding carboxylic acids is 2. The maximum atomic E-state index is 13.0. The number of hydrogen-bond donors (Lipinski definition) is 0. The molecule has 0 spiro atoms. The van der Waals surface area contributed by atoms with Gasteiger partial charge in [-0.15, -0.1) is 0 Å². The molecule has 4 heteroatoms. The number of carbonyl (C=O) groups is 2. The molecule has 0 radical (unpaired) electrons. The summed E-state index contributed by atoms with van der Waals surface area (Å²) >= 11 is 0. The lowest BCUT2D eigenvalue weighted by Gasteiger charge is -2.53. The molecular weight excluding hydrogens is 374 g/mol. The Morgan fingerprint density at radius 1 is 1.03 bits per heavy atom. The van der Waals surface area contributed by atoms with Crippen LogP contribution in [0.1, 0.15) is 56.9 Å². The average Bonchev–Trinajstić information content (AvgIpc) is 2.73. The first-order valence-electron chi connectivity index (χ1n) is 11.3. The Morgan fingerprint density at radius 3 is 2.53 bits per heavy atom. The monoisotopic (exact) mass is 405 g/mol. The Hall–Kier alpha value is -2.36. The van der Waals surface area contributed by atoms with Crippen molar-refractivity contribution in [1.29, 1.82) is 0 Å². The number of anilines is 1. The highest BCUT2D eigenvalue weighted by Gasteiger charge is 2.56. The molecule has 4 aliphatic rings. The van der Waals surface area contributed by atoms with E-state index >= 15 is 0 Å². The van der Waals surface area contributed by atoms with E-state index in [4.69, 9.17) is 4.74 Å². The second kappa shape index (κ2) is 7.11. The molecule has 30 heavy (non-hydrogen) atoms. The minimum atomic E-state index is -0.427. The number of ether oxygens (including phenoxy) is 1. The highest BCUT2D eigenvalue weighted by molar-refractivity contribution is 5.93. The summed E-state index contributed by atoms with van der Waals surface area (Å²) < 4.78 is 5.57. The lowest BCUT2D eigenvalue weighted by atomic mass is 9.51. The largest absolute Gasteiger partial charge is 0.465 e. The second-order valence-corrected chi connectivity index (χ2v) is 9.91. The van der Waals surface area contributed by atoms with Crippen LogP contribution in [0.3, 0.4) is 0 Å². The fourth-order valence-electron chi connectivity index (χ4n) is 6.52. The molecule has 1 aliphatic heterocycles. The SMILES string of the molecule is CN(C)c1ccc(C2C[C@]3(C)C(=O)OCC[C@H]3[C@@H]3CCC4=CC(=O)CCC4=C23)cc1. The van der Waals surface area contributed by atoms with Crippen LogP contribution >= 0.6 is 0 Å². The zero-order valence-electron chi connectivity index (χ0n) is 18.2. The Bertz CT molecular complexity index is 955. The molecule has 158 valence electrons. The van der Waals surface area contributed by atoms with E-state index < -0.39 is 5.41 Å². The van der Waals surface area contributed by atoms with Gasteiger partial charge in [-0.1, -0.05) is 17.7 Å². The lowest BCUT2D eigenvalue weighted by molar-refractivity contribution is -0.172. The van der Waals surface area contributed by atoms with Gasteiger partial charge >= 0.3 is 5.97 Å². The van der Waals surface area contributed by atoms with Crippen molar-refractivity contribution in [2.24, 2.45) is 17.3 Å². The molecule has 0 bridgehead atoms. The highest BCUT2D eigenvalue weighted by Crippen LogP contribution is 2.60. The average molecular weight is 406 g/mol. The fourth-order valence-corrected chi connectivity index (χ4v) is 6.52. The quantitative estimate of drug-likeness (QED) is 0.663. The van der Waals surface area contributed by atoms with Crippen LogP contribution in [0.25, 0.3) is 0 Å². The Morgan fingerprint density at radius 2 is 1.80 bits per heavy atom. The van der Waals surface area contributed by atoms with E-state index in [9.17, 15) is 9.59 Å². The number of benzene rings is 1. The van der Waals surface area contributed by atoms with Crippen LogP contribution in [0, 0.1) is 17.3 Å². The summed E-state index contributed by atoms with van der Waals surface area (Å²) in [6.45, 7) is 2.68. The van der Waals surface area contributed by atoms with Crippen LogP contribution in [-0.2, 0) is 14.3 Å². The molecule has 3 aliphatic carbocycles. The lowest BCUT2D eigenvalue weighted by Crippen LogP contribution is -2.51. The summed E-state index contributed by atoms with van der Waals surface area (Å²) in [6, 6.07) is 8.81. The minimum absolute atomic E-state index is 0.0159. The van der Waals surface area contributed by atoms with Crippen molar-refractivity contribution < 1.29 is 14.3 Å². The molecule has 1 unspecified atom stereocenters. The maximum absolute atomic E-state index is 13.0.